The van der Waals surface area contributed by atoms with Gasteiger partial charge in [0.2, 0.25) is 0 Å². The Hall–Kier alpha value is -1.23. The highest BCUT2D eigenvalue weighted by molar-refractivity contribution is 7.97. The molecule has 0 saturated carbocycles. The monoisotopic (exact) mass is 283 g/mol. The van der Waals surface area contributed by atoms with Crippen molar-refractivity contribution in [3.8, 4) is 0 Å². The van der Waals surface area contributed by atoms with Crippen LogP contribution in [0.4, 0.5) is 4.39 Å². The van der Waals surface area contributed by atoms with Gasteiger partial charge in [-0.15, -0.1) is 0 Å². The van der Waals surface area contributed by atoms with Gasteiger partial charge in [-0.1, -0.05) is 6.07 Å². The Morgan fingerprint density at radius 1 is 1.37 bits per heavy atom. The van der Waals surface area contributed by atoms with Crippen LogP contribution in [0.5, 0.6) is 0 Å². The van der Waals surface area contributed by atoms with Crippen LogP contribution in [0.3, 0.4) is 0 Å². The highest BCUT2D eigenvalue weighted by Gasteiger charge is 2.05. The normalized spacial score (nSPS) is 11.5. The molecule has 0 aromatic heterocycles. The SMILES string of the molecule is CCNC(=NCc1ccc(F)cc1CSC)N(C)C. The molecule has 1 rings (SSSR count). The van der Waals surface area contributed by atoms with Crippen molar-refractivity contribution in [3.05, 3.63) is 35.1 Å². The fraction of sp³-hybridized carbons (Fsp3) is 0.500. The van der Waals surface area contributed by atoms with Gasteiger partial charge in [-0.05, 0) is 36.4 Å². The van der Waals surface area contributed by atoms with E-state index in [-0.39, 0.29) is 5.82 Å². The van der Waals surface area contributed by atoms with Crippen LogP contribution in [0.15, 0.2) is 23.2 Å². The molecule has 0 bridgehead atoms. The summed E-state index contributed by atoms with van der Waals surface area (Å²) >= 11 is 1.69. The van der Waals surface area contributed by atoms with E-state index in [0.717, 1.165) is 29.4 Å². The lowest BCUT2D eigenvalue weighted by molar-refractivity contribution is 0.583. The van der Waals surface area contributed by atoms with Crippen LogP contribution in [0.1, 0.15) is 18.1 Å². The van der Waals surface area contributed by atoms with Crippen molar-refractivity contribution in [2.45, 2.75) is 19.2 Å². The smallest absolute Gasteiger partial charge is 0.193 e. The number of hydrogen-bond acceptors (Lipinski definition) is 2. The van der Waals surface area contributed by atoms with Crippen LogP contribution in [0.25, 0.3) is 0 Å². The molecule has 3 nitrogen and oxygen atoms in total. The number of nitrogens with one attached hydrogen (secondary N) is 1. The molecule has 5 heteroatoms. The molecule has 0 amide bonds. The van der Waals surface area contributed by atoms with Crippen molar-refractivity contribution in [2.24, 2.45) is 4.99 Å². The van der Waals surface area contributed by atoms with E-state index in [4.69, 9.17) is 0 Å². The van der Waals surface area contributed by atoms with Gasteiger partial charge in [0.05, 0.1) is 6.54 Å². The van der Waals surface area contributed by atoms with E-state index in [1.807, 2.05) is 38.2 Å². The van der Waals surface area contributed by atoms with Gasteiger partial charge < -0.3 is 10.2 Å². The summed E-state index contributed by atoms with van der Waals surface area (Å²) in [5.41, 5.74) is 2.10. The highest BCUT2D eigenvalue weighted by atomic mass is 32.2. The summed E-state index contributed by atoms with van der Waals surface area (Å²) in [5.74, 6) is 1.47. The first-order valence-electron chi connectivity index (χ1n) is 6.30. The van der Waals surface area contributed by atoms with Gasteiger partial charge in [0.15, 0.2) is 5.96 Å². The predicted molar refractivity (Wildman–Crippen MR) is 82.1 cm³/mol. The Labute approximate surface area is 119 Å². The summed E-state index contributed by atoms with van der Waals surface area (Å²) in [7, 11) is 3.91. The summed E-state index contributed by atoms with van der Waals surface area (Å²) in [6.07, 6.45) is 2.02. The first-order valence-corrected chi connectivity index (χ1v) is 7.69. The second-order valence-electron chi connectivity index (χ2n) is 4.41. The molecule has 19 heavy (non-hydrogen) atoms. The number of guanidine groups is 1. The van der Waals surface area contributed by atoms with Gasteiger partial charge in [0.25, 0.3) is 0 Å². The molecule has 0 aliphatic carbocycles. The molecule has 0 aliphatic heterocycles. The van der Waals surface area contributed by atoms with Crippen LogP contribution in [0, 0.1) is 5.82 Å². The van der Waals surface area contributed by atoms with Crippen LogP contribution >= 0.6 is 11.8 Å². The number of thioether (sulfide) groups is 1. The van der Waals surface area contributed by atoms with Crippen LogP contribution < -0.4 is 5.32 Å². The summed E-state index contributed by atoms with van der Waals surface area (Å²) in [6, 6.07) is 4.92. The van der Waals surface area contributed by atoms with Crippen molar-refractivity contribution < 1.29 is 4.39 Å². The number of aliphatic imine (C=N–C) groups is 1. The van der Waals surface area contributed by atoms with E-state index >= 15 is 0 Å². The Balaban J connectivity index is 2.88. The maximum absolute atomic E-state index is 13.3. The van der Waals surface area contributed by atoms with E-state index in [0.29, 0.717) is 6.54 Å². The fourth-order valence-electron chi connectivity index (χ4n) is 1.71. The Morgan fingerprint density at radius 2 is 2.11 bits per heavy atom. The standard InChI is InChI=1S/C14H22FN3S/c1-5-16-14(18(2)3)17-9-11-6-7-13(15)8-12(11)10-19-4/h6-8H,5,9-10H2,1-4H3,(H,16,17). The van der Waals surface area contributed by atoms with Gasteiger partial charge in [0, 0.05) is 26.4 Å². The first kappa shape index (κ1) is 15.8. The average molecular weight is 283 g/mol. The van der Waals surface area contributed by atoms with Crippen LogP contribution in [-0.4, -0.2) is 37.8 Å². The molecule has 106 valence electrons. The second kappa shape index (κ2) is 8.04. The van der Waals surface area contributed by atoms with E-state index in [1.165, 1.54) is 6.07 Å². The number of hydrogen-bond donors (Lipinski definition) is 1. The van der Waals surface area contributed by atoms with Crippen molar-refractivity contribution in [1.29, 1.82) is 0 Å². The molecule has 0 fully saturated rings. The molecule has 0 saturated heterocycles. The minimum absolute atomic E-state index is 0.184. The third-order valence-corrected chi connectivity index (χ3v) is 3.23. The molecule has 1 aromatic rings. The molecule has 0 unspecified atom stereocenters. The van der Waals surface area contributed by atoms with Gasteiger partial charge in [-0.3, -0.25) is 0 Å². The molecule has 0 spiro atoms. The summed E-state index contributed by atoms with van der Waals surface area (Å²) in [5, 5.41) is 3.21. The maximum atomic E-state index is 13.3. The van der Waals surface area contributed by atoms with Crippen molar-refractivity contribution in [3.63, 3.8) is 0 Å². The van der Waals surface area contributed by atoms with Crippen LogP contribution in [-0.2, 0) is 12.3 Å². The van der Waals surface area contributed by atoms with Gasteiger partial charge in [-0.2, -0.15) is 11.8 Å². The molecule has 1 N–H and O–H groups in total. The summed E-state index contributed by atoms with van der Waals surface area (Å²) in [6.45, 7) is 3.44. The Kier molecular flexibility index (Phi) is 6.70. The van der Waals surface area contributed by atoms with E-state index in [1.54, 1.807) is 17.8 Å². The summed E-state index contributed by atoms with van der Waals surface area (Å²) < 4.78 is 13.3. The average Bonchev–Trinajstić information content (AvgIpc) is 2.36. The third-order valence-electron chi connectivity index (χ3n) is 2.63. The lowest BCUT2D eigenvalue weighted by atomic mass is 10.1. The van der Waals surface area contributed by atoms with Crippen LogP contribution in [0.2, 0.25) is 0 Å². The van der Waals surface area contributed by atoms with Gasteiger partial charge in [-0.25, -0.2) is 9.38 Å². The van der Waals surface area contributed by atoms with Gasteiger partial charge >= 0.3 is 0 Å². The fourth-order valence-corrected chi connectivity index (χ4v) is 2.29. The van der Waals surface area contributed by atoms with E-state index in [2.05, 4.69) is 10.3 Å². The maximum Gasteiger partial charge on any atom is 0.193 e. The van der Waals surface area contributed by atoms with Crippen molar-refractivity contribution in [1.82, 2.24) is 10.2 Å². The number of halogens is 1. The molecule has 0 radical (unpaired) electrons. The summed E-state index contributed by atoms with van der Waals surface area (Å²) in [4.78, 5) is 6.50. The number of benzene rings is 1. The lowest BCUT2D eigenvalue weighted by Gasteiger charge is -2.17. The van der Waals surface area contributed by atoms with E-state index < -0.39 is 0 Å². The topological polar surface area (TPSA) is 27.6 Å². The zero-order chi connectivity index (χ0) is 14.3. The number of nitrogens with zero attached hydrogens (tertiary/aromatic N) is 2. The number of rotatable bonds is 5. The third kappa shape index (κ3) is 5.11. The molecule has 0 atom stereocenters. The van der Waals surface area contributed by atoms with Crippen molar-refractivity contribution in [2.75, 3.05) is 26.9 Å². The second-order valence-corrected chi connectivity index (χ2v) is 5.28. The largest absolute Gasteiger partial charge is 0.357 e. The quantitative estimate of drug-likeness (QED) is 0.665. The molecular formula is C14H22FN3S. The molecular weight excluding hydrogens is 261 g/mol. The van der Waals surface area contributed by atoms with Gasteiger partial charge in [0.1, 0.15) is 5.82 Å². The van der Waals surface area contributed by atoms with E-state index in [9.17, 15) is 4.39 Å². The highest BCUT2D eigenvalue weighted by Crippen LogP contribution is 2.17. The van der Waals surface area contributed by atoms with Crippen molar-refractivity contribution >= 4 is 17.7 Å². The lowest BCUT2D eigenvalue weighted by Crippen LogP contribution is -2.36. The molecule has 0 heterocycles. The zero-order valence-electron chi connectivity index (χ0n) is 12.0. The predicted octanol–water partition coefficient (Wildman–Crippen LogP) is 2.72. The Morgan fingerprint density at radius 3 is 2.68 bits per heavy atom. The Bertz CT molecular complexity index is 433. The molecule has 0 aliphatic rings. The zero-order valence-corrected chi connectivity index (χ0v) is 12.9. The first-order chi connectivity index (χ1) is 9.08. The molecule has 1 aromatic carbocycles. The minimum atomic E-state index is -0.184. The minimum Gasteiger partial charge on any atom is -0.357 e.